The Bertz CT molecular complexity index is 841. The Morgan fingerprint density at radius 3 is 2.33 bits per heavy atom. The molecule has 0 heterocycles. The second-order valence-electron chi connectivity index (χ2n) is 4.63. The SMILES string of the molecule is O=C(NCc1ccc(Cl)cc1Cl)c1ccc([N+](=O)[O-])cc1[N+](=O)[O-]. The lowest BCUT2D eigenvalue weighted by molar-refractivity contribution is -0.394. The highest BCUT2D eigenvalue weighted by Gasteiger charge is 2.24. The minimum Gasteiger partial charge on any atom is -0.348 e. The Labute approximate surface area is 145 Å². The third-order valence-electron chi connectivity index (χ3n) is 3.09. The van der Waals surface area contributed by atoms with Crippen LogP contribution in [0.5, 0.6) is 0 Å². The lowest BCUT2D eigenvalue weighted by Gasteiger charge is -2.08. The van der Waals surface area contributed by atoms with E-state index >= 15 is 0 Å². The molecule has 0 fully saturated rings. The van der Waals surface area contributed by atoms with Crippen molar-refractivity contribution in [3.05, 3.63) is 77.8 Å². The van der Waals surface area contributed by atoms with E-state index in [1.54, 1.807) is 12.1 Å². The lowest BCUT2D eigenvalue weighted by Crippen LogP contribution is -2.24. The number of halogens is 2. The van der Waals surface area contributed by atoms with Crippen LogP contribution in [0.3, 0.4) is 0 Å². The Balaban J connectivity index is 2.23. The first-order valence-electron chi connectivity index (χ1n) is 6.44. The Hall–Kier alpha value is -2.71. The van der Waals surface area contributed by atoms with Crippen LogP contribution < -0.4 is 5.32 Å². The summed E-state index contributed by atoms with van der Waals surface area (Å²) in [5.74, 6) is -0.748. The van der Waals surface area contributed by atoms with Gasteiger partial charge >= 0.3 is 0 Å². The van der Waals surface area contributed by atoms with E-state index < -0.39 is 27.1 Å². The van der Waals surface area contributed by atoms with Gasteiger partial charge in [-0.25, -0.2) is 0 Å². The number of carbonyl (C=O) groups is 1. The van der Waals surface area contributed by atoms with E-state index in [9.17, 15) is 25.0 Å². The molecule has 0 unspecified atom stereocenters. The fourth-order valence-corrected chi connectivity index (χ4v) is 2.39. The predicted octanol–water partition coefficient (Wildman–Crippen LogP) is 3.74. The maximum absolute atomic E-state index is 12.1. The Kier molecular flexibility index (Phi) is 5.32. The van der Waals surface area contributed by atoms with Crippen molar-refractivity contribution in [2.45, 2.75) is 6.54 Å². The maximum atomic E-state index is 12.1. The van der Waals surface area contributed by atoms with Gasteiger partial charge in [-0.1, -0.05) is 29.3 Å². The molecular weight excluding hydrogens is 361 g/mol. The highest BCUT2D eigenvalue weighted by molar-refractivity contribution is 6.35. The predicted molar refractivity (Wildman–Crippen MR) is 87.4 cm³/mol. The minimum atomic E-state index is -0.850. The molecule has 0 bridgehead atoms. The average Bonchev–Trinajstić information content (AvgIpc) is 2.53. The molecule has 0 saturated carbocycles. The average molecular weight is 370 g/mol. The van der Waals surface area contributed by atoms with Crippen molar-refractivity contribution < 1.29 is 14.6 Å². The highest BCUT2D eigenvalue weighted by Crippen LogP contribution is 2.25. The van der Waals surface area contributed by atoms with E-state index in [0.29, 0.717) is 15.6 Å². The van der Waals surface area contributed by atoms with Crippen LogP contribution in [-0.2, 0) is 6.54 Å². The highest BCUT2D eigenvalue weighted by atomic mass is 35.5. The van der Waals surface area contributed by atoms with Crippen LogP contribution in [0.1, 0.15) is 15.9 Å². The van der Waals surface area contributed by atoms with Crippen molar-refractivity contribution in [2.75, 3.05) is 0 Å². The molecule has 0 aliphatic heterocycles. The monoisotopic (exact) mass is 369 g/mol. The van der Waals surface area contributed by atoms with E-state index in [0.717, 1.165) is 18.2 Å². The van der Waals surface area contributed by atoms with E-state index in [4.69, 9.17) is 23.2 Å². The van der Waals surface area contributed by atoms with E-state index in [1.165, 1.54) is 6.07 Å². The second kappa shape index (κ2) is 7.24. The fraction of sp³-hybridized carbons (Fsp3) is 0.0714. The molecule has 8 nitrogen and oxygen atoms in total. The largest absolute Gasteiger partial charge is 0.348 e. The molecule has 0 aliphatic carbocycles. The standard InChI is InChI=1S/C14H9Cl2N3O5/c15-9-2-1-8(12(16)5-9)7-17-14(20)11-4-3-10(18(21)22)6-13(11)19(23)24/h1-6H,7H2,(H,17,20). The molecule has 2 aromatic rings. The van der Waals surface area contributed by atoms with Crippen molar-refractivity contribution in [1.82, 2.24) is 5.32 Å². The zero-order valence-corrected chi connectivity index (χ0v) is 13.4. The lowest BCUT2D eigenvalue weighted by atomic mass is 10.1. The Morgan fingerprint density at radius 2 is 1.75 bits per heavy atom. The van der Waals surface area contributed by atoms with Gasteiger partial charge in [-0.15, -0.1) is 0 Å². The van der Waals surface area contributed by atoms with Crippen molar-refractivity contribution in [3.8, 4) is 0 Å². The van der Waals surface area contributed by atoms with Gasteiger partial charge in [-0.3, -0.25) is 25.0 Å². The molecule has 0 atom stereocenters. The van der Waals surface area contributed by atoms with Crippen LogP contribution in [0.2, 0.25) is 10.0 Å². The number of non-ortho nitro benzene ring substituents is 1. The number of hydrogen-bond donors (Lipinski definition) is 1. The third kappa shape index (κ3) is 3.98. The molecular formula is C14H9Cl2N3O5. The molecule has 10 heteroatoms. The van der Waals surface area contributed by atoms with Crippen LogP contribution in [-0.4, -0.2) is 15.8 Å². The zero-order chi connectivity index (χ0) is 17.9. The zero-order valence-electron chi connectivity index (χ0n) is 11.9. The summed E-state index contributed by atoms with van der Waals surface area (Å²) in [7, 11) is 0. The van der Waals surface area contributed by atoms with E-state index in [1.807, 2.05) is 0 Å². The van der Waals surface area contributed by atoms with Gasteiger partial charge in [0.15, 0.2) is 0 Å². The molecule has 2 rings (SSSR count). The molecule has 0 radical (unpaired) electrons. The van der Waals surface area contributed by atoms with Crippen LogP contribution in [0, 0.1) is 20.2 Å². The van der Waals surface area contributed by atoms with E-state index in [-0.39, 0.29) is 12.1 Å². The van der Waals surface area contributed by atoms with Crippen LogP contribution in [0.15, 0.2) is 36.4 Å². The number of nitrogens with zero attached hydrogens (tertiary/aromatic N) is 2. The molecule has 24 heavy (non-hydrogen) atoms. The van der Waals surface area contributed by atoms with Gasteiger partial charge in [0.25, 0.3) is 17.3 Å². The molecule has 0 saturated heterocycles. The van der Waals surface area contributed by atoms with Crippen molar-refractivity contribution in [3.63, 3.8) is 0 Å². The molecule has 124 valence electrons. The number of amides is 1. The van der Waals surface area contributed by atoms with Gasteiger partial charge < -0.3 is 5.32 Å². The number of benzene rings is 2. The summed E-state index contributed by atoms with van der Waals surface area (Å²) in [6.45, 7) is 0.0168. The van der Waals surface area contributed by atoms with Gasteiger partial charge in [0.1, 0.15) is 5.56 Å². The van der Waals surface area contributed by atoms with Gasteiger partial charge in [0, 0.05) is 22.7 Å². The number of nitro groups is 2. The Morgan fingerprint density at radius 1 is 1.04 bits per heavy atom. The smallest absolute Gasteiger partial charge is 0.289 e. The number of rotatable bonds is 5. The van der Waals surface area contributed by atoms with Gasteiger partial charge in [0.05, 0.1) is 15.9 Å². The van der Waals surface area contributed by atoms with E-state index in [2.05, 4.69) is 5.32 Å². The number of nitro benzene ring substituents is 2. The molecule has 1 amide bonds. The first-order valence-corrected chi connectivity index (χ1v) is 7.20. The second-order valence-corrected chi connectivity index (χ2v) is 5.48. The number of hydrogen-bond acceptors (Lipinski definition) is 5. The van der Waals surface area contributed by atoms with Crippen molar-refractivity contribution in [2.24, 2.45) is 0 Å². The minimum absolute atomic E-state index is 0.0168. The summed E-state index contributed by atoms with van der Waals surface area (Å²) in [6, 6.07) is 7.49. The van der Waals surface area contributed by atoms with Crippen LogP contribution in [0.25, 0.3) is 0 Å². The quantitative estimate of drug-likeness (QED) is 0.636. The first kappa shape index (κ1) is 17.6. The molecule has 1 N–H and O–H groups in total. The normalized spacial score (nSPS) is 10.2. The molecule has 2 aromatic carbocycles. The summed E-state index contributed by atoms with van der Waals surface area (Å²) >= 11 is 11.7. The van der Waals surface area contributed by atoms with Gasteiger partial charge in [0.2, 0.25) is 0 Å². The number of carbonyl (C=O) groups excluding carboxylic acids is 1. The molecule has 0 spiro atoms. The number of nitrogens with one attached hydrogen (secondary N) is 1. The van der Waals surface area contributed by atoms with Crippen molar-refractivity contribution >= 4 is 40.5 Å². The molecule has 0 aromatic heterocycles. The van der Waals surface area contributed by atoms with Crippen LogP contribution >= 0.6 is 23.2 Å². The summed E-state index contributed by atoms with van der Waals surface area (Å²) in [5.41, 5.74) is -0.836. The van der Waals surface area contributed by atoms with Crippen LogP contribution in [0.4, 0.5) is 11.4 Å². The van der Waals surface area contributed by atoms with Crippen molar-refractivity contribution in [1.29, 1.82) is 0 Å². The topological polar surface area (TPSA) is 115 Å². The third-order valence-corrected chi connectivity index (χ3v) is 3.67. The summed E-state index contributed by atoms with van der Waals surface area (Å²) < 4.78 is 0. The fourth-order valence-electron chi connectivity index (χ4n) is 1.91. The first-order chi connectivity index (χ1) is 11.3. The summed E-state index contributed by atoms with van der Waals surface area (Å²) in [5, 5.41) is 25.0. The summed E-state index contributed by atoms with van der Waals surface area (Å²) in [4.78, 5) is 32.2. The van der Waals surface area contributed by atoms with Gasteiger partial charge in [-0.2, -0.15) is 0 Å². The maximum Gasteiger partial charge on any atom is 0.289 e. The summed E-state index contributed by atoms with van der Waals surface area (Å²) in [6.07, 6.45) is 0. The molecule has 0 aliphatic rings. The van der Waals surface area contributed by atoms with Gasteiger partial charge in [-0.05, 0) is 23.8 Å².